The van der Waals surface area contributed by atoms with E-state index in [0.29, 0.717) is 23.6 Å². The fourth-order valence-electron chi connectivity index (χ4n) is 2.94. The summed E-state index contributed by atoms with van der Waals surface area (Å²) in [7, 11) is 0. The van der Waals surface area contributed by atoms with E-state index in [9.17, 15) is 9.59 Å². The van der Waals surface area contributed by atoms with Gasteiger partial charge in [-0.05, 0) is 48.1 Å². The lowest BCUT2D eigenvalue weighted by atomic mass is 9.86. The molecule has 0 heterocycles. The molecule has 0 aliphatic carbocycles. The standard InChI is InChI=1S/C24H32N2O3/c1-7-29-20-11-9-8-10-19(20)25-23(28)21(16(2)3)26-22(27)17-12-14-18(15-13-17)24(4,5)6/h8-16,21H,7H2,1-6H3,(H,25,28)(H,26,27)/t21-/m1/s1. The van der Waals surface area contributed by atoms with Gasteiger partial charge in [-0.2, -0.15) is 0 Å². The number of para-hydroxylation sites is 2. The van der Waals surface area contributed by atoms with Crippen molar-refractivity contribution in [3.63, 3.8) is 0 Å². The molecule has 0 unspecified atom stereocenters. The predicted molar refractivity (Wildman–Crippen MR) is 117 cm³/mol. The third-order valence-electron chi connectivity index (χ3n) is 4.69. The number of amides is 2. The van der Waals surface area contributed by atoms with Crippen molar-refractivity contribution in [2.24, 2.45) is 5.92 Å². The van der Waals surface area contributed by atoms with Crippen LogP contribution in [-0.4, -0.2) is 24.5 Å². The number of anilines is 1. The number of nitrogens with one attached hydrogen (secondary N) is 2. The molecule has 0 aliphatic heterocycles. The van der Waals surface area contributed by atoms with E-state index in [-0.39, 0.29) is 23.1 Å². The van der Waals surface area contributed by atoms with Gasteiger partial charge in [-0.1, -0.05) is 58.9 Å². The second-order valence-corrected chi connectivity index (χ2v) is 8.44. The highest BCUT2D eigenvalue weighted by molar-refractivity contribution is 6.01. The van der Waals surface area contributed by atoms with Gasteiger partial charge in [0.15, 0.2) is 0 Å². The summed E-state index contributed by atoms with van der Waals surface area (Å²) in [5, 5.41) is 5.75. The van der Waals surface area contributed by atoms with Crippen molar-refractivity contribution in [1.29, 1.82) is 0 Å². The summed E-state index contributed by atoms with van der Waals surface area (Å²) in [4.78, 5) is 25.6. The van der Waals surface area contributed by atoms with Crippen molar-refractivity contribution in [3.8, 4) is 5.75 Å². The Morgan fingerprint density at radius 3 is 2.17 bits per heavy atom. The van der Waals surface area contributed by atoms with E-state index in [2.05, 4.69) is 31.4 Å². The topological polar surface area (TPSA) is 67.4 Å². The van der Waals surface area contributed by atoms with Crippen LogP contribution >= 0.6 is 0 Å². The van der Waals surface area contributed by atoms with Gasteiger partial charge in [0.25, 0.3) is 5.91 Å². The van der Waals surface area contributed by atoms with Crippen molar-refractivity contribution < 1.29 is 14.3 Å². The molecule has 2 amide bonds. The van der Waals surface area contributed by atoms with Crippen molar-refractivity contribution in [3.05, 3.63) is 59.7 Å². The summed E-state index contributed by atoms with van der Waals surface area (Å²) in [6.45, 7) is 12.6. The molecule has 29 heavy (non-hydrogen) atoms. The first-order chi connectivity index (χ1) is 13.6. The van der Waals surface area contributed by atoms with Crippen molar-refractivity contribution in [2.45, 2.75) is 53.0 Å². The number of ether oxygens (including phenoxy) is 1. The third-order valence-corrected chi connectivity index (χ3v) is 4.69. The van der Waals surface area contributed by atoms with Crippen LogP contribution in [0.3, 0.4) is 0 Å². The molecule has 5 heteroatoms. The maximum atomic E-state index is 12.9. The molecular weight excluding hydrogens is 364 g/mol. The average Bonchev–Trinajstić information content (AvgIpc) is 2.66. The second-order valence-electron chi connectivity index (χ2n) is 8.44. The summed E-state index contributed by atoms with van der Waals surface area (Å²) in [5.41, 5.74) is 2.29. The Hall–Kier alpha value is -2.82. The smallest absolute Gasteiger partial charge is 0.251 e. The van der Waals surface area contributed by atoms with Crippen LogP contribution < -0.4 is 15.4 Å². The first-order valence-corrected chi connectivity index (χ1v) is 10.1. The Kier molecular flexibility index (Phi) is 7.43. The Labute approximate surface area is 173 Å². The van der Waals surface area contributed by atoms with Gasteiger partial charge in [0.1, 0.15) is 11.8 Å². The molecule has 1 atom stereocenters. The SMILES string of the molecule is CCOc1ccccc1NC(=O)[C@H](NC(=O)c1ccc(C(C)(C)C)cc1)C(C)C. The maximum Gasteiger partial charge on any atom is 0.251 e. The van der Waals surface area contributed by atoms with Crippen molar-refractivity contribution in [1.82, 2.24) is 5.32 Å². The van der Waals surface area contributed by atoms with Crippen LogP contribution in [0.15, 0.2) is 48.5 Å². The fourth-order valence-corrected chi connectivity index (χ4v) is 2.94. The first-order valence-electron chi connectivity index (χ1n) is 10.1. The summed E-state index contributed by atoms with van der Waals surface area (Å²) < 4.78 is 5.57. The van der Waals surface area contributed by atoms with Gasteiger partial charge in [0.05, 0.1) is 12.3 Å². The number of carbonyl (C=O) groups excluding carboxylic acids is 2. The molecule has 0 fully saturated rings. The van der Waals surface area contributed by atoms with Crippen LogP contribution in [0.4, 0.5) is 5.69 Å². The summed E-state index contributed by atoms with van der Waals surface area (Å²) in [5.74, 6) is -0.00813. The molecule has 2 N–H and O–H groups in total. The fraction of sp³-hybridized carbons (Fsp3) is 0.417. The van der Waals surface area contributed by atoms with Gasteiger partial charge >= 0.3 is 0 Å². The zero-order valence-electron chi connectivity index (χ0n) is 18.2. The molecule has 0 aliphatic rings. The number of benzene rings is 2. The highest BCUT2D eigenvalue weighted by Gasteiger charge is 2.25. The molecule has 0 saturated heterocycles. The molecule has 0 saturated carbocycles. The maximum absolute atomic E-state index is 12.9. The number of carbonyl (C=O) groups is 2. The minimum absolute atomic E-state index is 0.0172. The minimum atomic E-state index is -0.667. The largest absolute Gasteiger partial charge is 0.492 e. The van der Waals surface area contributed by atoms with E-state index in [0.717, 1.165) is 5.56 Å². The molecule has 0 aromatic heterocycles. The van der Waals surface area contributed by atoms with Crippen LogP contribution in [0.25, 0.3) is 0 Å². The quantitative estimate of drug-likeness (QED) is 0.708. The highest BCUT2D eigenvalue weighted by Crippen LogP contribution is 2.25. The first kappa shape index (κ1) is 22.5. The third kappa shape index (κ3) is 6.08. The van der Waals surface area contributed by atoms with Crippen LogP contribution in [0.2, 0.25) is 0 Å². The van der Waals surface area contributed by atoms with Gasteiger partial charge in [-0.3, -0.25) is 9.59 Å². The Bertz CT molecular complexity index is 836. The average molecular weight is 397 g/mol. The zero-order valence-corrected chi connectivity index (χ0v) is 18.2. The Morgan fingerprint density at radius 1 is 1.00 bits per heavy atom. The lowest BCUT2D eigenvalue weighted by molar-refractivity contribution is -0.118. The lowest BCUT2D eigenvalue weighted by Crippen LogP contribution is -2.47. The zero-order chi connectivity index (χ0) is 21.6. The number of rotatable bonds is 7. The minimum Gasteiger partial charge on any atom is -0.492 e. The molecule has 0 radical (unpaired) electrons. The monoisotopic (exact) mass is 396 g/mol. The summed E-state index contributed by atoms with van der Waals surface area (Å²) in [6, 6.07) is 14.1. The highest BCUT2D eigenvalue weighted by atomic mass is 16.5. The molecule has 0 spiro atoms. The molecule has 2 aromatic rings. The van der Waals surface area contributed by atoms with E-state index >= 15 is 0 Å². The van der Waals surface area contributed by atoms with E-state index in [4.69, 9.17) is 4.74 Å². The summed E-state index contributed by atoms with van der Waals surface area (Å²) >= 11 is 0. The molecule has 2 rings (SSSR count). The van der Waals surface area contributed by atoms with Gasteiger partial charge in [-0.25, -0.2) is 0 Å². The van der Waals surface area contributed by atoms with Gasteiger partial charge in [0, 0.05) is 5.56 Å². The van der Waals surface area contributed by atoms with Crippen molar-refractivity contribution in [2.75, 3.05) is 11.9 Å². The van der Waals surface area contributed by atoms with Crippen LogP contribution in [0.5, 0.6) is 5.75 Å². The van der Waals surface area contributed by atoms with E-state index in [1.165, 1.54) is 0 Å². The van der Waals surface area contributed by atoms with Crippen molar-refractivity contribution >= 4 is 17.5 Å². The van der Waals surface area contributed by atoms with Crippen LogP contribution in [0.1, 0.15) is 57.5 Å². The number of hydrogen-bond donors (Lipinski definition) is 2. The molecule has 2 aromatic carbocycles. The van der Waals surface area contributed by atoms with E-state index in [1.807, 2.05) is 45.0 Å². The van der Waals surface area contributed by atoms with E-state index < -0.39 is 6.04 Å². The number of hydrogen-bond acceptors (Lipinski definition) is 3. The Balaban J connectivity index is 2.13. The van der Waals surface area contributed by atoms with Crippen LogP contribution in [-0.2, 0) is 10.2 Å². The predicted octanol–water partition coefficient (Wildman–Crippen LogP) is 4.78. The molecule has 156 valence electrons. The van der Waals surface area contributed by atoms with Gasteiger partial charge in [-0.15, -0.1) is 0 Å². The molecular formula is C24H32N2O3. The van der Waals surface area contributed by atoms with Gasteiger partial charge in [0.2, 0.25) is 5.91 Å². The lowest BCUT2D eigenvalue weighted by Gasteiger charge is -2.23. The summed E-state index contributed by atoms with van der Waals surface area (Å²) in [6.07, 6.45) is 0. The van der Waals surface area contributed by atoms with E-state index in [1.54, 1.807) is 24.3 Å². The Morgan fingerprint density at radius 2 is 1.62 bits per heavy atom. The molecule has 5 nitrogen and oxygen atoms in total. The van der Waals surface area contributed by atoms with Gasteiger partial charge < -0.3 is 15.4 Å². The van der Waals surface area contributed by atoms with Crippen LogP contribution in [0, 0.1) is 5.92 Å². The molecule has 0 bridgehead atoms. The second kappa shape index (κ2) is 9.59. The normalized spacial score (nSPS) is 12.4.